The van der Waals surface area contributed by atoms with Crippen LogP contribution in [0, 0.1) is 0 Å². The maximum absolute atomic E-state index is 12.6. The fourth-order valence-corrected chi connectivity index (χ4v) is 3.48. The van der Waals surface area contributed by atoms with Crippen molar-refractivity contribution in [2.45, 2.75) is 0 Å². The number of Topliss-reactive ketones (excluding diaryl/α,β-unsaturated/α-hetero) is 1. The van der Waals surface area contributed by atoms with Gasteiger partial charge in [-0.05, 0) is 24.3 Å². The fourth-order valence-electron chi connectivity index (χ4n) is 3.02. The van der Waals surface area contributed by atoms with Gasteiger partial charge in [-0.15, -0.1) is 0 Å². The van der Waals surface area contributed by atoms with Gasteiger partial charge in [-0.3, -0.25) is 4.79 Å². The topological polar surface area (TPSA) is 74.6 Å². The third kappa shape index (κ3) is 2.86. The van der Waals surface area contributed by atoms with Crippen molar-refractivity contribution in [2.24, 2.45) is 7.05 Å². The summed E-state index contributed by atoms with van der Waals surface area (Å²) in [5.74, 6) is 0.319. The summed E-state index contributed by atoms with van der Waals surface area (Å²) in [4.78, 5) is 12.6. The van der Waals surface area contributed by atoms with Gasteiger partial charge in [0.2, 0.25) is 5.78 Å². The third-order valence-corrected chi connectivity index (χ3v) is 4.60. The van der Waals surface area contributed by atoms with Crippen LogP contribution in [0.5, 0.6) is 11.5 Å². The van der Waals surface area contributed by atoms with Crippen molar-refractivity contribution in [3.63, 3.8) is 0 Å². The van der Waals surface area contributed by atoms with E-state index in [1.54, 1.807) is 6.08 Å². The molecule has 0 saturated heterocycles. The first-order chi connectivity index (χ1) is 12.3. The van der Waals surface area contributed by atoms with Gasteiger partial charge in [0.05, 0.1) is 11.8 Å². The molecule has 3 aromatic rings. The van der Waals surface area contributed by atoms with Crippen LogP contribution in [0.25, 0.3) is 17.0 Å². The first-order valence-corrected chi connectivity index (χ1v) is 9.65. The summed E-state index contributed by atoms with van der Waals surface area (Å²) in [6.07, 6.45) is 4.58. The molecule has 0 amide bonds. The normalized spacial score (nSPS) is 15.3. The summed E-state index contributed by atoms with van der Waals surface area (Å²) in [6.45, 7) is 0. The summed E-state index contributed by atoms with van der Waals surface area (Å²) in [5.41, 5.74) is 2.29. The van der Waals surface area contributed by atoms with Gasteiger partial charge in [0.25, 0.3) is 0 Å². The van der Waals surface area contributed by atoms with Gasteiger partial charge in [-0.1, -0.05) is 18.2 Å². The molecular formula is C19H15NO5S. The Labute approximate surface area is 150 Å². The quantitative estimate of drug-likeness (QED) is 0.524. The highest BCUT2D eigenvalue weighted by atomic mass is 32.2. The number of hydrogen-bond donors (Lipinski definition) is 0. The van der Waals surface area contributed by atoms with Crippen molar-refractivity contribution in [2.75, 3.05) is 6.26 Å². The number of ether oxygens (including phenoxy) is 1. The molecule has 0 spiro atoms. The smallest absolute Gasteiger partial charge is 0.306 e. The molecule has 2 aromatic carbocycles. The first-order valence-electron chi connectivity index (χ1n) is 7.84. The molecule has 0 fully saturated rings. The highest BCUT2D eigenvalue weighted by Gasteiger charge is 2.28. The van der Waals surface area contributed by atoms with E-state index in [0.717, 1.165) is 22.7 Å². The molecule has 0 unspecified atom stereocenters. The molecule has 132 valence electrons. The van der Waals surface area contributed by atoms with Crippen molar-refractivity contribution < 1.29 is 22.1 Å². The van der Waals surface area contributed by atoms with E-state index in [0.29, 0.717) is 5.56 Å². The van der Waals surface area contributed by atoms with E-state index in [-0.39, 0.29) is 23.0 Å². The van der Waals surface area contributed by atoms with Crippen molar-refractivity contribution in [3.05, 3.63) is 65.5 Å². The van der Waals surface area contributed by atoms with E-state index in [9.17, 15) is 13.2 Å². The maximum atomic E-state index is 12.6. The molecule has 6 nitrogen and oxygen atoms in total. The van der Waals surface area contributed by atoms with Crippen molar-refractivity contribution in [1.82, 2.24) is 4.57 Å². The average molecular weight is 369 g/mol. The number of rotatable bonds is 3. The number of hydrogen-bond acceptors (Lipinski definition) is 5. The molecule has 0 saturated carbocycles. The number of carbonyl (C=O) groups is 1. The Morgan fingerprint density at radius 2 is 1.92 bits per heavy atom. The molecule has 0 aliphatic carbocycles. The number of nitrogens with zero attached hydrogens (tertiary/aromatic N) is 1. The second-order valence-electron chi connectivity index (χ2n) is 6.10. The second kappa shape index (κ2) is 5.74. The van der Waals surface area contributed by atoms with Crippen LogP contribution in [-0.4, -0.2) is 25.0 Å². The monoisotopic (exact) mass is 369 g/mol. The number of ketones is 1. The van der Waals surface area contributed by atoms with Gasteiger partial charge in [0, 0.05) is 35.8 Å². The summed E-state index contributed by atoms with van der Waals surface area (Å²) in [7, 11) is -1.71. The number of fused-ring (bicyclic) bond motifs is 2. The Kier molecular flexibility index (Phi) is 3.62. The standard InChI is InChI=1S/C19H15NO5S/c1-20-11-12(14-5-3-4-6-16(14)20)9-18-19(21)15-8-7-13(10-17(15)24-18)25-26(2,22)23/h3-11H,1-2H3/b18-9+. The average Bonchev–Trinajstić information content (AvgIpc) is 3.05. The van der Waals surface area contributed by atoms with Gasteiger partial charge >= 0.3 is 10.1 Å². The zero-order chi connectivity index (χ0) is 18.5. The Morgan fingerprint density at radius 1 is 1.15 bits per heavy atom. The molecule has 2 heterocycles. The van der Waals surface area contributed by atoms with Gasteiger partial charge in [0.15, 0.2) is 5.76 Å². The van der Waals surface area contributed by atoms with Crippen LogP contribution in [0.2, 0.25) is 0 Å². The summed E-state index contributed by atoms with van der Waals surface area (Å²) in [5, 5.41) is 1.01. The van der Waals surface area contributed by atoms with Crippen LogP contribution in [-0.2, 0) is 17.2 Å². The van der Waals surface area contributed by atoms with Gasteiger partial charge in [-0.2, -0.15) is 8.42 Å². The third-order valence-electron chi connectivity index (χ3n) is 4.10. The Bertz CT molecular complexity index is 1190. The van der Waals surface area contributed by atoms with Crippen LogP contribution in [0.15, 0.2) is 54.4 Å². The Morgan fingerprint density at radius 3 is 2.69 bits per heavy atom. The molecule has 4 rings (SSSR count). The van der Waals surface area contributed by atoms with Gasteiger partial charge < -0.3 is 13.5 Å². The molecule has 0 bridgehead atoms. The first kappa shape index (κ1) is 16.4. The van der Waals surface area contributed by atoms with E-state index >= 15 is 0 Å². The van der Waals surface area contributed by atoms with Crippen molar-refractivity contribution in [3.8, 4) is 11.5 Å². The van der Waals surface area contributed by atoms with E-state index < -0.39 is 10.1 Å². The maximum Gasteiger partial charge on any atom is 0.306 e. The molecule has 7 heteroatoms. The highest BCUT2D eigenvalue weighted by molar-refractivity contribution is 7.86. The van der Waals surface area contributed by atoms with Crippen LogP contribution >= 0.6 is 0 Å². The minimum absolute atomic E-state index is 0.102. The van der Waals surface area contributed by atoms with Gasteiger partial charge in [-0.25, -0.2) is 0 Å². The largest absolute Gasteiger partial charge is 0.452 e. The number of aromatic nitrogens is 1. The van der Waals surface area contributed by atoms with E-state index in [1.165, 1.54) is 18.2 Å². The molecule has 1 aromatic heterocycles. The number of para-hydroxylation sites is 1. The van der Waals surface area contributed by atoms with Gasteiger partial charge in [0.1, 0.15) is 11.5 Å². The number of benzene rings is 2. The lowest BCUT2D eigenvalue weighted by atomic mass is 10.1. The van der Waals surface area contributed by atoms with Crippen molar-refractivity contribution in [1.29, 1.82) is 0 Å². The zero-order valence-electron chi connectivity index (χ0n) is 14.1. The molecule has 26 heavy (non-hydrogen) atoms. The van der Waals surface area contributed by atoms with E-state index in [4.69, 9.17) is 8.92 Å². The highest BCUT2D eigenvalue weighted by Crippen LogP contribution is 2.36. The summed E-state index contributed by atoms with van der Waals surface area (Å²) in [6, 6.07) is 12.2. The molecule has 0 N–H and O–H groups in total. The lowest BCUT2D eigenvalue weighted by Crippen LogP contribution is -2.05. The molecule has 1 aliphatic rings. The van der Waals surface area contributed by atoms with Crippen LogP contribution in [0.4, 0.5) is 0 Å². The van der Waals surface area contributed by atoms with E-state index in [2.05, 4.69) is 0 Å². The Balaban J connectivity index is 1.72. The fraction of sp³-hybridized carbons (Fsp3) is 0.105. The molecule has 0 atom stereocenters. The van der Waals surface area contributed by atoms with E-state index in [1.807, 2.05) is 42.1 Å². The predicted molar refractivity (Wildman–Crippen MR) is 97.8 cm³/mol. The zero-order valence-corrected chi connectivity index (χ0v) is 14.9. The second-order valence-corrected chi connectivity index (χ2v) is 7.67. The number of carbonyl (C=O) groups excluding carboxylic acids is 1. The van der Waals surface area contributed by atoms with Crippen LogP contribution in [0.3, 0.4) is 0 Å². The minimum Gasteiger partial charge on any atom is -0.452 e. The summed E-state index contributed by atoms with van der Waals surface area (Å²) < 4.78 is 35.0. The number of aryl methyl sites for hydroxylation is 1. The summed E-state index contributed by atoms with van der Waals surface area (Å²) >= 11 is 0. The predicted octanol–water partition coefficient (Wildman–Crippen LogP) is 3.13. The minimum atomic E-state index is -3.65. The Hall–Kier alpha value is -3.06. The molecular weight excluding hydrogens is 354 g/mol. The number of allylic oxidation sites excluding steroid dienone is 1. The molecule has 0 radical (unpaired) electrons. The van der Waals surface area contributed by atoms with Crippen LogP contribution < -0.4 is 8.92 Å². The lowest BCUT2D eigenvalue weighted by molar-refractivity contribution is 0.101. The van der Waals surface area contributed by atoms with Crippen molar-refractivity contribution >= 4 is 32.9 Å². The molecule has 1 aliphatic heterocycles. The van der Waals surface area contributed by atoms with Crippen LogP contribution in [0.1, 0.15) is 15.9 Å². The SMILES string of the molecule is Cn1cc(/C=C2/Oc3cc(OS(C)(=O)=O)ccc3C2=O)c2ccccc21. The lowest BCUT2D eigenvalue weighted by Gasteiger charge is -2.03.